The summed E-state index contributed by atoms with van der Waals surface area (Å²) in [6, 6.07) is 16.4. The second-order valence-electron chi connectivity index (χ2n) is 6.24. The lowest BCUT2D eigenvalue weighted by molar-refractivity contribution is 0.102. The molecule has 4 aromatic rings. The minimum atomic E-state index is -0.290. The Morgan fingerprint density at radius 1 is 1.14 bits per heavy atom. The number of aryl methyl sites for hydroxylation is 1. The first kappa shape index (κ1) is 19.2. The van der Waals surface area contributed by atoms with Crippen LogP contribution in [-0.4, -0.2) is 27.8 Å². The molecule has 6 nitrogen and oxygen atoms in total. The average Bonchev–Trinajstić information content (AvgIpc) is 3.36. The van der Waals surface area contributed by atoms with Crippen molar-refractivity contribution in [2.75, 3.05) is 12.4 Å². The summed E-state index contributed by atoms with van der Waals surface area (Å²) in [7, 11) is 3.40. The standard InChI is InChI=1S/C21H17ClN4O2S/c1-26-19(24-20(27)15-8-3-4-9-16(15)22)11-17(25-26)21-23-18(12-29-21)13-6-5-7-14(10-13)28-2/h3-12H,1-2H3,(H,24,27). The van der Waals surface area contributed by atoms with E-state index in [1.165, 1.54) is 11.3 Å². The van der Waals surface area contributed by atoms with Crippen LogP contribution in [-0.2, 0) is 7.05 Å². The van der Waals surface area contributed by atoms with E-state index in [1.807, 2.05) is 29.6 Å². The lowest BCUT2D eigenvalue weighted by Gasteiger charge is -2.06. The summed E-state index contributed by atoms with van der Waals surface area (Å²) in [5.41, 5.74) is 2.90. The first-order valence-corrected chi connectivity index (χ1v) is 10.0. The highest BCUT2D eigenvalue weighted by Gasteiger charge is 2.16. The Morgan fingerprint density at radius 2 is 1.97 bits per heavy atom. The van der Waals surface area contributed by atoms with Crippen molar-refractivity contribution >= 4 is 34.7 Å². The van der Waals surface area contributed by atoms with Gasteiger partial charge in [0, 0.05) is 24.1 Å². The molecule has 0 fully saturated rings. The Labute approximate surface area is 176 Å². The van der Waals surface area contributed by atoms with Gasteiger partial charge in [0.1, 0.15) is 22.3 Å². The van der Waals surface area contributed by atoms with Gasteiger partial charge in [-0.25, -0.2) is 4.98 Å². The first-order chi connectivity index (χ1) is 14.0. The van der Waals surface area contributed by atoms with Crippen molar-refractivity contribution in [1.29, 1.82) is 0 Å². The van der Waals surface area contributed by atoms with Crippen LogP contribution >= 0.6 is 22.9 Å². The number of ether oxygens (including phenoxy) is 1. The van der Waals surface area contributed by atoms with Crippen LogP contribution < -0.4 is 10.1 Å². The number of hydrogen-bond donors (Lipinski definition) is 1. The molecule has 2 aromatic carbocycles. The molecule has 0 spiro atoms. The van der Waals surface area contributed by atoms with Crippen molar-refractivity contribution in [2.24, 2.45) is 7.05 Å². The molecule has 0 unspecified atom stereocenters. The van der Waals surface area contributed by atoms with E-state index < -0.39 is 0 Å². The molecule has 0 saturated carbocycles. The molecule has 0 aliphatic heterocycles. The lowest BCUT2D eigenvalue weighted by Crippen LogP contribution is -2.14. The summed E-state index contributed by atoms with van der Waals surface area (Å²) in [6.07, 6.45) is 0. The normalized spacial score (nSPS) is 10.7. The number of carbonyl (C=O) groups is 1. The monoisotopic (exact) mass is 424 g/mol. The predicted molar refractivity (Wildman–Crippen MR) is 116 cm³/mol. The molecule has 4 rings (SSSR count). The van der Waals surface area contributed by atoms with Crippen molar-refractivity contribution in [1.82, 2.24) is 14.8 Å². The molecule has 2 aromatic heterocycles. The molecule has 1 N–H and O–H groups in total. The predicted octanol–water partition coefficient (Wildman–Crippen LogP) is 5.12. The third-order valence-corrected chi connectivity index (χ3v) is 5.52. The maximum absolute atomic E-state index is 12.5. The molecule has 146 valence electrons. The fourth-order valence-electron chi connectivity index (χ4n) is 2.82. The summed E-state index contributed by atoms with van der Waals surface area (Å²) in [5, 5.41) is 10.5. The molecule has 0 atom stereocenters. The number of nitrogens with one attached hydrogen (secondary N) is 1. The van der Waals surface area contributed by atoms with E-state index >= 15 is 0 Å². The van der Waals surface area contributed by atoms with Crippen LogP contribution in [0.15, 0.2) is 60.0 Å². The maximum Gasteiger partial charge on any atom is 0.258 e. The maximum atomic E-state index is 12.5. The third-order valence-electron chi connectivity index (χ3n) is 4.33. The van der Waals surface area contributed by atoms with E-state index in [-0.39, 0.29) is 5.91 Å². The quantitative estimate of drug-likeness (QED) is 0.482. The number of hydrogen-bond acceptors (Lipinski definition) is 5. The van der Waals surface area contributed by atoms with Gasteiger partial charge in [0.2, 0.25) is 0 Å². The SMILES string of the molecule is COc1cccc(-c2csc(-c3cc(NC(=O)c4ccccc4Cl)n(C)n3)n2)c1. The Hall–Kier alpha value is -3.16. The van der Waals surface area contributed by atoms with E-state index in [9.17, 15) is 4.79 Å². The van der Waals surface area contributed by atoms with Gasteiger partial charge in [-0.2, -0.15) is 5.10 Å². The molecular weight excluding hydrogens is 408 g/mol. The number of rotatable bonds is 5. The molecule has 29 heavy (non-hydrogen) atoms. The number of anilines is 1. The highest BCUT2D eigenvalue weighted by atomic mass is 35.5. The molecule has 0 bridgehead atoms. The van der Waals surface area contributed by atoms with Gasteiger partial charge in [-0.1, -0.05) is 35.9 Å². The zero-order chi connectivity index (χ0) is 20.4. The van der Waals surface area contributed by atoms with Crippen LogP contribution in [0, 0.1) is 0 Å². The molecule has 0 aliphatic carbocycles. The van der Waals surface area contributed by atoms with Crippen molar-refractivity contribution < 1.29 is 9.53 Å². The number of halogens is 1. The van der Waals surface area contributed by atoms with Crippen LogP contribution in [0.25, 0.3) is 22.0 Å². The summed E-state index contributed by atoms with van der Waals surface area (Å²) >= 11 is 7.60. The number of nitrogens with zero attached hydrogens (tertiary/aromatic N) is 3. The van der Waals surface area contributed by atoms with Crippen molar-refractivity contribution in [3.63, 3.8) is 0 Å². The van der Waals surface area contributed by atoms with Crippen LogP contribution in [0.5, 0.6) is 5.75 Å². The Balaban J connectivity index is 1.58. The Kier molecular flexibility index (Phi) is 5.33. The number of carbonyl (C=O) groups excluding carboxylic acids is 1. The van der Waals surface area contributed by atoms with Gasteiger partial charge in [-0.15, -0.1) is 11.3 Å². The second kappa shape index (κ2) is 8.06. The van der Waals surface area contributed by atoms with E-state index in [0.29, 0.717) is 22.1 Å². The van der Waals surface area contributed by atoms with E-state index in [1.54, 1.807) is 49.2 Å². The number of amides is 1. The number of thiazole rings is 1. The van der Waals surface area contributed by atoms with E-state index in [2.05, 4.69) is 15.4 Å². The van der Waals surface area contributed by atoms with Gasteiger partial charge in [0.05, 0.1) is 23.4 Å². The fourth-order valence-corrected chi connectivity index (χ4v) is 3.83. The average molecular weight is 425 g/mol. The fraction of sp³-hybridized carbons (Fsp3) is 0.0952. The summed E-state index contributed by atoms with van der Waals surface area (Å²) in [4.78, 5) is 17.2. The number of methoxy groups -OCH3 is 1. The highest BCUT2D eigenvalue weighted by Crippen LogP contribution is 2.31. The van der Waals surface area contributed by atoms with Gasteiger partial charge in [-0.05, 0) is 24.3 Å². The molecule has 0 radical (unpaired) electrons. The van der Waals surface area contributed by atoms with Crippen LogP contribution in [0.2, 0.25) is 5.02 Å². The van der Waals surface area contributed by atoms with Crippen LogP contribution in [0.4, 0.5) is 5.82 Å². The Bertz CT molecular complexity index is 1180. The van der Waals surface area contributed by atoms with Gasteiger partial charge in [-0.3, -0.25) is 9.48 Å². The van der Waals surface area contributed by atoms with Crippen molar-refractivity contribution in [2.45, 2.75) is 0 Å². The van der Waals surface area contributed by atoms with Gasteiger partial charge in [0.15, 0.2) is 0 Å². The minimum absolute atomic E-state index is 0.290. The van der Waals surface area contributed by atoms with Crippen molar-refractivity contribution in [3.05, 3.63) is 70.6 Å². The molecule has 8 heteroatoms. The smallest absolute Gasteiger partial charge is 0.258 e. The third kappa shape index (κ3) is 4.01. The second-order valence-corrected chi connectivity index (χ2v) is 7.51. The summed E-state index contributed by atoms with van der Waals surface area (Å²) in [6.45, 7) is 0. The minimum Gasteiger partial charge on any atom is -0.497 e. The first-order valence-electron chi connectivity index (χ1n) is 8.75. The van der Waals surface area contributed by atoms with Gasteiger partial charge < -0.3 is 10.1 Å². The number of aromatic nitrogens is 3. The number of benzene rings is 2. The van der Waals surface area contributed by atoms with E-state index in [0.717, 1.165) is 22.0 Å². The molecular formula is C21H17ClN4O2S. The zero-order valence-electron chi connectivity index (χ0n) is 15.7. The van der Waals surface area contributed by atoms with E-state index in [4.69, 9.17) is 16.3 Å². The van der Waals surface area contributed by atoms with Crippen LogP contribution in [0.3, 0.4) is 0 Å². The molecule has 1 amide bonds. The largest absolute Gasteiger partial charge is 0.497 e. The van der Waals surface area contributed by atoms with Gasteiger partial charge in [0.25, 0.3) is 5.91 Å². The van der Waals surface area contributed by atoms with Gasteiger partial charge >= 0.3 is 0 Å². The molecule has 0 saturated heterocycles. The topological polar surface area (TPSA) is 69.0 Å². The highest BCUT2D eigenvalue weighted by molar-refractivity contribution is 7.13. The Morgan fingerprint density at radius 3 is 2.76 bits per heavy atom. The summed E-state index contributed by atoms with van der Waals surface area (Å²) < 4.78 is 6.89. The zero-order valence-corrected chi connectivity index (χ0v) is 17.3. The molecule has 2 heterocycles. The summed E-state index contributed by atoms with van der Waals surface area (Å²) in [5.74, 6) is 1.05. The molecule has 0 aliphatic rings. The lowest BCUT2D eigenvalue weighted by atomic mass is 10.2. The van der Waals surface area contributed by atoms with Crippen LogP contribution in [0.1, 0.15) is 10.4 Å². The van der Waals surface area contributed by atoms with Crippen molar-refractivity contribution in [3.8, 4) is 27.7 Å².